The lowest BCUT2D eigenvalue weighted by Crippen LogP contribution is -2.60. The third-order valence-electron chi connectivity index (χ3n) is 4.24. The van der Waals surface area contributed by atoms with Crippen LogP contribution in [0.1, 0.15) is 38.5 Å². The van der Waals surface area contributed by atoms with Crippen LogP contribution >= 0.6 is 0 Å². The smallest absolute Gasteiger partial charge is 0.152 e. The summed E-state index contributed by atoms with van der Waals surface area (Å²) in [5.41, 5.74) is 5.67. The Kier molecular flexibility index (Phi) is 4.10. The predicted molar refractivity (Wildman–Crippen MR) is 69.7 cm³/mol. The van der Waals surface area contributed by atoms with Gasteiger partial charge in [0.15, 0.2) is 9.84 Å². The Balaban J connectivity index is 2.17. The van der Waals surface area contributed by atoms with Crippen molar-refractivity contribution < 1.29 is 8.42 Å². The molecule has 0 aliphatic carbocycles. The first kappa shape index (κ1) is 13.3. The molecule has 1 unspecified atom stereocenters. The zero-order valence-corrected chi connectivity index (χ0v) is 11.3. The molecule has 2 heterocycles. The van der Waals surface area contributed by atoms with Crippen molar-refractivity contribution >= 4 is 9.84 Å². The number of sulfone groups is 1. The molecule has 0 saturated carbocycles. The Bertz CT molecular complexity index is 348. The lowest BCUT2D eigenvalue weighted by Gasteiger charge is -2.45. The van der Waals surface area contributed by atoms with Crippen LogP contribution in [0.3, 0.4) is 0 Å². The number of rotatable bonds is 2. The van der Waals surface area contributed by atoms with Gasteiger partial charge in [-0.3, -0.25) is 4.90 Å². The average molecular weight is 260 g/mol. The van der Waals surface area contributed by atoms with Crippen molar-refractivity contribution in [2.45, 2.75) is 44.1 Å². The lowest BCUT2D eigenvalue weighted by atomic mass is 9.92. The molecule has 5 heteroatoms. The highest BCUT2D eigenvalue weighted by Gasteiger charge is 2.42. The van der Waals surface area contributed by atoms with Crippen LogP contribution in [0.25, 0.3) is 0 Å². The third kappa shape index (κ3) is 3.01. The van der Waals surface area contributed by atoms with Crippen LogP contribution in [-0.2, 0) is 9.84 Å². The van der Waals surface area contributed by atoms with Crippen LogP contribution in [0.2, 0.25) is 0 Å². The highest BCUT2D eigenvalue weighted by Crippen LogP contribution is 2.30. The van der Waals surface area contributed by atoms with Gasteiger partial charge in [-0.1, -0.05) is 12.8 Å². The highest BCUT2D eigenvalue weighted by molar-refractivity contribution is 7.91. The summed E-state index contributed by atoms with van der Waals surface area (Å²) in [6.45, 7) is 2.52. The molecule has 100 valence electrons. The van der Waals surface area contributed by atoms with Crippen LogP contribution < -0.4 is 5.73 Å². The van der Waals surface area contributed by atoms with Gasteiger partial charge in [0, 0.05) is 12.1 Å². The Labute approximate surface area is 104 Å². The maximum absolute atomic E-state index is 11.9. The zero-order chi connectivity index (χ0) is 12.4. The second-order valence-electron chi connectivity index (χ2n) is 5.53. The zero-order valence-electron chi connectivity index (χ0n) is 10.5. The molecule has 2 saturated heterocycles. The normalized spacial score (nSPS) is 35.4. The van der Waals surface area contributed by atoms with Gasteiger partial charge in [-0.2, -0.15) is 0 Å². The van der Waals surface area contributed by atoms with Gasteiger partial charge in [0.2, 0.25) is 0 Å². The van der Waals surface area contributed by atoms with Gasteiger partial charge < -0.3 is 5.73 Å². The number of likely N-dealkylation sites (tertiary alicyclic amines) is 1. The van der Waals surface area contributed by atoms with E-state index in [9.17, 15) is 8.42 Å². The first-order valence-corrected chi connectivity index (χ1v) is 8.56. The molecule has 0 aromatic heterocycles. The highest BCUT2D eigenvalue weighted by atomic mass is 32.2. The molecule has 4 nitrogen and oxygen atoms in total. The van der Waals surface area contributed by atoms with Gasteiger partial charge in [0.1, 0.15) is 0 Å². The molecule has 0 bridgehead atoms. The lowest BCUT2D eigenvalue weighted by molar-refractivity contribution is 0.104. The topological polar surface area (TPSA) is 63.4 Å². The maximum Gasteiger partial charge on any atom is 0.152 e. The van der Waals surface area contributed by atoms with E-state index in [1.54, 1.807) is 0 Å². The molecule has 0 amide bonds. The summed E-state index contributed by atoms with van der Waals surface area (Å²) < 4.78 is 23.7. The summed E-state index contributed by atoms with van der Waals surface area (Å²) in [7, 11) is -2.89. The van der Waals surface area contributed by atoms with E-state index >= 15 is 0 Å². The molecule has 2 aliphatic heterocycles. The van der Waals surface area contributed by atoms with Crippen LogP contribution in [-0.4, -0.2) is 50.0 Å². The minimum atomic E-state index is -2.89. The number of nitrogens with two attached hydrogens (primary N) is 1. The first-order chi connectivity index (χ1) is 8.08. The third-order valence-corrected chi connectivity index (χ3v) is 6.13. The second kappa shape index (κ2) is 5.24. The SMILES string of the molecule is NCC1(N2CCCCCC2)CCCS(=O)(=O)C1. The van der Waals surface area contributed by atoms with E-state index in [1.807, 2.05) is 0 Å². The molecule has 2 aliphatic rings. The Morgan fingerprint density at radius 2 is 1.71 bits per heavy atom. The van der Waals surface area contributed by atoms with Crippen LogP contribution in [0.5, 0.6) is 0 Å². The van der Waals surface area contributed by atoms with E-state index in [0.29, 0.717) is 12.3 Å². The molecular weight excluding hydrogens is 236 g/mol. The Morgan fingerprint density at radius 3 is 2.24 bits per heavy atom. The largest absolute Gasteiger partial charge is 0.329 e. The van der Waals surface area contributed by atoms with Gasteiger partial charge in [0.05, 0.1) is 11.5 Å². The summed E-state index contributed by atoms with van der Waals surface area (Å²) in [5, 5.41) is 0. The summed E-state index contributed by atoms with van der Waals surface area (Å²) in [5.74, 6) is 0.624. The molecule has 2 N–H and O–H groups in total. The molecule has 0 aromatic rings. The molecule has 2 rings (SSSR count). The summed E-state index contributed by atoms with van der Waals surface area (Å²) >= 11 is 0. The van der Waals surface area contributed by atoms with Crippen LogP contribution in [0, 0.1) is 0 Å². The van der Waals surface area contributed by atoms with Crippen molar-refractivity contribution in [3.63, 3.8) is 0 Å². The fourth-order valence-electron chi connectivity index (χ4n) is 3.26. The quantitative estimate of drug-likeness (QED) is 0.796. The first-order valence-electron chi connectivity index (χ1n) is 6.74. The fourth-order valence-corrected chi connectivity index (χ4v) is 5.25. The number of hydrogen-bond acceptors (Lipinski definition) is 4. The molecule has 0 aromatic carbocycles. The van der Waals surface area contributed by atoms with Crippen molar-refractivity contribution in [3.8, 4) is 0 Å². The van der Waals surface area contributed by atoms with Crippen molar-refractivity contribution in [3.05, 3.63) is 0 Å². The molecule has 0 radical (unpaired) electrons. The Hall–Kier alpha value is -0.130. The van der Waals surface area contributed by atoms with E-state index in [0.717, 1.165) is 25.9 Å². The van der Waals surface area contributed by atoms with Crippen molar-refractivity contribution in [1.82, 2.24) is 4.90 Å². The second-order valence-corrected chi connectivity index (χ2v) is 7.71. The molecule has 1 atom stereocenters. The molecule has 0 spiro atoms. The van der Waals surface area contributed by atoms with E-state index in [1.165, 1.54) is 25.7 Å². The Morgan fingerprint density at radius 1 is 1.06 bits per heavy atom. The summed E-state index contributed by atoms with van der Waals surface area (Å²) in [4.78, 5) is 2.37. The molecule has 17 heavy (non-hydrogen) atoms. The minimum Gasteiger partial charge on any atom is -0.329 e. The monoisotopic (exact) mass is 260 g/mol. The average Bonchev–Trinajstić information content (AvgIpc) is 2.56. The van der Waals surface area contributed by atoms with Crippen molar-refractivity contribution in [1.29, 1.82) is 0 Å². The number of nitrogens with zero attached hydrogens (tertiary/aromatic N) is 1. The van der Waals surface area contributed by atoms with Gasteiger partial charge in [0.25, 0.3) is 0 Å². The predicted octanol–water partition coefficient (Wildman–Crippen LogP) is 0.768. The van der Waals surface area contributed by atoms with Crippen molar-refractivity contribution in [2.75, 3.05) is 31.1 Å². The van der Waals surface area contributed by atoms with Crippen LogP contribution in [0.4, 0.5) is 0 Å². The van der Waals surface area contributed by atoms with E-state index in [-0.39, 0.29) is 11.3 Å². The van der Waals surface area contributed by atoms with Gasteiger partial charge in [-0.05, 0) is 38.8 Å². The van der Waals surface area contributed by atoms with E-state index < -0.39 is 9.84 Å². The fraction of sp³-hybridized carbons (Fsp3) is 1.00. The molecular formula is C12H24N2O2S. The minimum absolute atomic E-state index is 0.262. The standard InChI is InChI=1S/C12H24N2O2S/c13-10-12(6-5-9-17(15,16)11-12)14-7-3-1-2-4-8-14/h1-11,13H2. The van der Waals surface area contributed by atoms with E-state index in [2.05, 4.69) is 4.90 Å². The van der Waals surface area contributed by atoms with Crippen molar-refractivity contribution in [2.24, 2.45) is 5.73 Å². The van der Waals surface area contributed by atoms with Gasteiger partial charge in [-0.25, -0.2) is 8.42 Å². The van der Waals surface area contributed by atoms with Crippen LogP contribution in [0.15, 0.2) is 0 Å². The summed E-state index contributed by atoms with van der Waals surface area (Å²) in [6.07, 6.45) is 6.62. The van der Waals surface area contributed by atoms with Gasteiger partial charge >= 0.3 is 0 Å². The van der Waals surface area contributed by atoms with E-state index in [4.69, 9.17) is 5.73 Å². The molecule has 2 fully saturated rings. The number of hydrogen-bond donors (Lipinski definition) is 1. The van der Waals surface area contributed by atoms with Gasteiger partial charge in [-0.15, -0.1) is 0 Å². The summed E-state index contributed by atoms with van der Waals surface area (Å²) in [6, 6.07) is 0. The maximum atomic E-state index is 11.9.